The Morgan fingerprint density at radius 3 is 2.14 bits per heavy atom. The van der Waals surface area contributed by atoms with Crippen LogP contribution in [0.2, 0.25) is 5.04 Å². The molecule has 1 saturated heterocycles. The standard InChI is InChI=1S/C40H43F3N4O6S2Si/c1-27(55-54-5)52-32-24-34(53-33(32)26-51-56(39(2,3)4,30-19-11-7-12-20-30)31-21-13-8-14-22-31)47-25-29(18-15-23-44-37(49)40(41,42)43)35(46-38(47)50)45-36(48)28-16-9-6-10-17-28/h6-14,16-17,19-22,25,27,32-34H,23-24,26H2,1-5H3,(H,44,49)(H,45,46,48,50)/t27-,32+,33+,34+/m0/s1. The van der Waals surface area contributed by atoms with Crippen molar-refractivity contribution >= 4 is 57.9 Å². The third-order valence-electron chi connectivity index (χ3n) is 9.01. The minimum absolute atomic E-state index is 0.00882. The van der Waals surface area contributed by atoms with Crippen LogP contribution >= 0.6 is 21.6 Å². The van der Waals surface area contributed by atoms with Crippen LogP contribution in [0, 0.1) is 11.8 Å². The summed E-state index contributed by atoms with van der Waals surface area (Å²) in [7, 11) is 0.0863. The molecule has 296 valence electrons. The van der Waals surface area contributed by atoms with Crippen LogP contribution in [0.15, 0.2) is 102 Å². The number of aromatic nitrogens is 2. The third kappa shape index (κ3) is 10.3. The van der Waals surface area contributed by atoms with E-state index in [1.807, 2.05) is 49.6 Å². The number of carbonyl (C=O) groups is 2. The Kier molecular flexibility index (Phi) is 14.3. The number of hydrogen-bond donors (Lipinski definition) is 2. The SMILES string of the molecule is CSS[C@@H](C)O[C@@H]1C[C@H](n2cc(C#CCNC(=O)C(F)(F)F)c(NC(=O)c3ccccc3)nc2=O)O[C@@H]1CO[Si](c1ccccc1)(c1ccccc1)C(C)(C)C. The summed E-state index contributed by atoms with van der Waals surface area (Å²) in [6.45, 7) is 7.91. The number of anilines is 1. The molecule has 0 spiro atoms. The molecule has 2 amide bonds. The molecule has 2 heterocycles. The molecule has 1 aliphatic heterocycles. The average Bonchev–Trinajstić information content (AvgIpc) is 3.56. The van der Waals surface area contributed by atoms with Gasteiger partial charge >= 0.3 is 17.8 Å². The first kappa shape index (κ1) is 42.8. The van der Waals surface area contributed by atoms with E-state index < -0.39 is 57.0 Å². The third-order valence-corrected chi connectivity index (χ3v) is 16.0. The molecule has 4 aromatic rings. The van der Waals surface area contributed by atoms with E-state index in [2.05, 4.69) is 67.2 Å². The van der Waals surface area contributed by atoms with Crippen molar-refractivity contribution in [2.45, 2.75) is 69.2 Å². The van der Waals surface area contributed by atoms with Gasteiger partial charge in [0.25, 0.3) is 14.2 Å². The molecule has 0 radical (unpaired) electrons. The second kappa shape index (κ2) is 18.7. The van der Waals surface area contributed by atoms with Gasteiger partial charge in [0.15, 0.2) is 5.82 Å². The van der Waals surface area contributed by atoms with Gasteiger partial charge in [0.05, 0.1) is 24.8 Å². The van der Waals surface area contributed by atoms with E-state index in [4.69, 9.17) is 13.9 Å². The molecule has 0 saturated carbocycles. The van der Waals surface area contributed by atoms with E-state index in [0.717, 1.165) is 10.4 Å². The van der Waals surface area contributed by atoms with Gasteiger partial charge in [-0.05, 0) is 40.7 Å². The molecule has 56 heavy (non-hydrogen) atoms. The van der Waals surface area contributed by atoms with Crippen molar-refractivity contribution in [2.24, 2.45) is 0 Å². The number of nitrogens with zero attached hydrogens (tertiary/aromatic N) is 2. The van der Waals surface area contributed by atoms with Crippen LogP contribution < -0.4 is 26.7 Å². The first-order valence-electron chi connectivity index (χ1n) is 17.7. The van der Waals surface area contributed by atoms with E-state index in [1.54, 1.807) is 46.4 Å². The summed E-state index contributed by atoms with van der Waals surface area (Å²) in [5.41, 5.74) is -0.732. The van der Waals surface area contributed by atoms with Gasteiger partial charge in [-0.25, -0.2) is 4.79 Å². The zero-order valence-electron chi connectivity index (χ0n) is 31.5. The summed E-state index contributed by atoms with van der Waals surface area (Å²) in [5, 5.41) is 6.12. The zero-order chi connectivity index (χ0) is 40.5. The summed E-state index contributed by atoms with van der Waals surface area (Å²) in [6.07, 6.45) is -3.66. The van der Waals surface area contributed by atoms with Crippen molar-refractivity contribution in [2.75, 3.05) is 24.7 Å². The summed E-state index contributed by atoms with van der Waals surface area (Å²) >= 11 is 0. The normalized spacial score (nSPS) is 17.8. The summed E-state index contributed by atoms with van der Waals surface area (Å²) in [5.74, 6) is 2.16. The molecule has 10 nitrogen and oxygen atoms in total. The van der Waals surface area contributed by atoms with Crippen molar-refractivity contribution in [3.63, 3.8) is 0 Å². The van der Waals surface area contributed by atoms with Crippen LogP contribution in [0.25, 0.3) is 0 Å². The summed E-state index contributed by atoms with van der Waals surface area (Å²) in [4.78, 5) is 42.3. The van der Waals surface area contributed by atoms with E-state index in [-0.39, 0.29) is 40.4 Å². The Labute approximate surface area is 332 Å². The van der Waals surface area contributed by atoms with Crippen LogP contribution in [0.3, 0.4) is 0 Å². The van der Waals surface area contributed by atoms with Crippen LogP contribution in [-0.2, 0) is 18.7 Å². The van der Waals surface area contributed by atoms with Crippen LogP contribution in [-0.4, -0.2) is 72.9 Å². The van der Waals surface area contributed by atoms with Crippen molar-refractivity contribution in [3.8, 4) is 11.8 Å². The number of carbonyl (C=O) groups excluding carboxylic acids is 2. The van der Waals surface area contributed by atoms with Gasteiger partial charge < -0.3 is 24.5 Å². The highest BCUT2D eigenvalue weighted by molar-refractivity contribution is 8.76. The van der Waals surface area contributed by atoms with Crippen molar-refractivity contribution in [1.29, 1.82) is 0 Å². The van der Waals surface area contributed by atoms with Gasteiger partial charge in [-0.3, -0.25) is 14.2 Å². The minimum atomic E-state index is -5.09. The van der Waals surface area contributed by atoms with Crippen molar-refractivity contribution in [1.82, 2.24) is 14.9 Å². The van der Waals surface area contributed by atoms with Crippen molar-refractivity contribution < 1.29 is 36.7 Å². The van der Waals surface area contributed by atoms with E-state index in [0.29, 0.717) is 0 Å². The first-order valence-corrected chi connectivity index (χ1v) is 22.3. The monoisotopic (exact) mass is 824 g/mol. The van der Waals surface area contributed by atoms with Crippen molar-refractivity contribution in [3.05, 3.63) is 119 Å². The molecule has 1 fully saturated rings. The van der Waals surface area contributed by atoms with Crippen LogP contribution in [0.5, 0.6) is 0 Å². The lowest BCUT2D eigenvalue weighted by molar-refractivity contribution is -0.173. The highest BCUT2D eigenvalue weighted by Gasteiger charge is 2.51. The highest BCUT2D eigenvalue weighted by atomic mass is 33.1. The Balaban J connectivity index is 1.50. The maximum Gasteiger partial charge on any atom is 0.471 e. The molecule has 0 unspecified atom stereocenters. The lowest BCUT2D eigenvalue weighted by Crippen LogP contribution is -2.67. The smallest absolute Gasteiger partial charge is 0.405 e. The lowest BCUT2D eigenvalue weighted by Gasteiger charge is -2.43. The van der Waals surface area contributed by atoms with E-state index in [1.165, 1.54) is 21.6 Å². The molecular formula is C40H43F3N4O6S2Si. The Hall–Kier alpha value is -4.37. The number of benzene rings is 3. The Morgan fingerprint density at radius 2 is 1.59 bits per heavy atom. The molecule has 16 heteroatoms. The second-order valence-corrected chi connectivity index (χ2v) is 20.9. The fourth-order valence-corrected chi connectivity index (χ4v) is 12.5. The second-order valence-electron chi connectivity index (χ2n) is 13.8. The Morgan fingerprint density at radius 1 is 1.00 bits per heavy atom. The average molecular weight is 825 g/mol. The minimum Gasteiger partial charge on any atom is -0.405 e. The van der Waals surface area contributed by atoms with Gasteiger partial charge in [0, 0.05) is 18.2 Å². The summed E-state index contributed by atoms with van der Waals surface area (Å²) in [6, 6.07) is 28.5. The molecule has 5 rings (SSSR count). The number of hydrogen-bond acceptors (Lipinski definition) is 9. The van der Waals surface area contributed by atoms with Crippen LogP contribution in [0.4, 0.5) is 19.0 Å². The maximum absolute atomic E-state index is 13.7. The van der Waals surface area contributed by atoms with E-state index >= 15 is 0 Å². The molecule has 4 atom stereocenters. The maximum atomic E-state index is 13.7. The molecule has 1 aromatic heterocycles. The summed E-state index contributed by atoms with van der Waals surface area (Å²) < 4.78 is 59.9. The predicted molar refractivity (Wildman–Crippen MR) is 216 cm³/mol. The molecular weight excluding hydrogens is 782 g/mol. The molecule has 2 N–H and O–H groups in total. The zero-order valence-corrected chi connectivity index (χ0v) is 34.1. The van der Waals surface area contributed by atoms with Gasteiger partial charge in [0.2, 0.25) is 0 Å². The lowest BCUT2D eigenvalue weighted by atomic mass is 10.2. The number of halogens is 3. The molecule has 1 aliphatic rings. The number of alkyl halides is 3. The number of nitrogens with one attached hydrogen (secondary N) is 2. The van der Waals surface area contributed by atoms with Gasteiger partial charge in [-0.2, -0.15) is 18.2 Å². The van der Waals surface area contributed by atoms with Gasteiger partial charge in [-0.1, -0.05) is 133 Å². The van der Waals surface area contributed by atoms with Gasteiger partial charge in [-0.15, -0.1) is 0 Å². The molecule has 0 aliphatic carbocycles. The molecule has 0 bridgehead atoms. The number of rotatable bonds is 13. The van der Waals surface area contributed by atoms with Crippen LogP contribution in [0.1, 0.15) is 56.3 Å². The molecule has 3 aromatic carbocycles. The number of amides is 2. The van der Waals surface area contributed by atoms with E-state index in [9.17, 15) is 27.6 Å². The first-order chi connectivity index (χ1) is 26.6. The number of ether oxygens (including phenoxy) is 2. The quantitative estimate of drug-likeness (QED) is 0.0711. The fraction of sp³-hybridized carbons (Fsp3) is 0.350. The van der Waals surface area contributed by atoms with Gasteiger partial charge in [0.1, 0.15) is 17.8 Å². The fourth-order valence-electron chi connectivity index (χ4n) is 6.53. The predicted octanol–water partition coefficient (Wildman–Crippen LogP) is 6.13. The highest BCUT2D eigenvalue weighted by Crippen LogP contribution is 2.39. The topological polar surface area (TPSA) is 121 Å². The largest absolute Gasteiger partial charge is 0.471 e. The Bertz CT molecular complexity index is 2040.